The van der Waals surface area contributed by atoms with E-state index in [1.165, 1.54) is 6.42 Å². The second-order valence-corrected chi connectivity index (χ2v) is 11.2. The van der Waals surface area contributed by atoms with Crippen molar-refractivity contribution in [3.8, 4) is 0 Å². The van der Waals surface area contributed by atoms with Crippen molar-refractivity contribution in [3.05, 3.63) is 0 Å². The van der Waals surface area contributed by atoms with Gasteiger partial charge in [0.1, 0.15) is 5.60 Å². The molecule has 3 heteroatoms. The first-order chi connectivity index (χ1) is 10.5. The van der Waals surface area contributed by atoms with E-state index in [0.29, 0.717) is 21.9 Å². The zero-order valence-corrected chi connectivity index (χ0v) is 19.0. The fraction of sp³-hybridized carbons (Fsp3) is 0.952. The summed E-state index contributed by atoms with van der Waals surface area (Å²) >= 11 is 5.48. The number of rotatable bonds is 8. The molecule has 0 rings (SSSR count). The summed E-state index contributed by atoms with van der Waals surface area (Å²) in [6.45, 7) is 24.7. The molecule has 0 radical (unpaired) electrons. The number of thiocarbonyl (C=S) groups is 1. The smallest absolute Gasteiger partial charge is 0.257 e. The van der Waals surface area contributed by atoms with E-state index in [2.05, 4.69) is 81.5 Å². The van der Waals surface area contributed by atoms with Crippen LogP contribution in [0.4, 0.5) is 0 Å². The minimum Gasteiger partial charge on any atom is -0.465 e. The summed E-state index contributed by atoms with van der Waals surface area (Å²) in [6.07, 6.45) is 4.36. The Bertz CT molecular complexity index is 403. The highest BCUT2D eigenvalue weighted by atomic mass is 32.1. The van der Waals surface area contributed by atoms with Gasteiger partial charge in [0.2, 0.25) is 0 Å². The van der Waals surface area contributed by atoms with Gasteiger partial charge in [-0.3, -0.25) is 0 Å². The number of hydrogen-bond acceptors (Lipinski definition) is 2. The first-order valence-electron chi connectivity index (χ1n) is 9.47. The predicted molar refractivity (Wildman–Crippen MR) is 112 cm³/mol. The summed E-state index contributed by atoms with van der Waals surface area (Å²) in [6, 6.07) is 0. The third-order valence-corrected chi connectivity index (χ3v) is 5.43. The lowest BCUT2D eigenvalue weighted by atomic mass is 9.75. The van der Waals surface area contributed by atoms with E-state index in [0.717, 1.165) is 19.3 Å². The normalized spacial score (nSPS) is 14.0. The van der Waals surface area contributed by atoms with Gasteiger partial charge in [-0.15, -0.1) is 0 Å². The second-order valence-electron chi connectivity index (χ2n) is 10.9. The summed E-state index contributed by atoms with van der Waals surface area (Å²) in [5, 5.41) is 3.96. The topological polar surface area (TPSA) is 21.3 Å². The Hall–Kier alpha value is -0.310. The first-order valence-corrected chi connectivity index (χ1v) is 9.88. The van der Waals surface area contributed by atoms with E-state index in [1.54, 1.807) is 0 Å². The third-order valence-electron chi connectivity index (χ3n) is 5.24. The van der Waals surface area contributed by atoms with Crippen molar-refractivity contribution in [3.63, 3.8) is 0 Å². The van der Waals surface area contributed by atoms with Crippen molar-refractivity contribution in [2.75, 3.05) is 0 Å². The van der Waals surface area contributed by atoms with E-state index >= 15 is 0 Å². The van der Waals surface area contributed by atoms with Gasteiger partial charge >= 0.3 is 0 Å². The molecule has 144 valence electrons. The van der Waals surface area contributed by atoms with Gasteiger partial charge in [0.05, 0.1) is 0 Å². The first kappa shape index (κ1) is 23.7. The van der Waals surface area contributed by atoms with Crippen molar-refractivity contribution in [2.45, 2.75) is 113 Å². The molecule has 0 amide bonds. The molecular formula is C21H43NOS. The van der Waals surface area contributed by atoms with Crippen LogP contribution in [0.2, 0.25) is 0 Å². The quantitative estimate of drug-likeness (QED) is 0.487. The van der Waals surface area contributed by atoms with Crippen molar-refractivity contribution in [1.82, 2.24) is 5.32 Å². The molecule has 0 saturated carbocycles. The molecule has 0 aromatic rings. The minimum atomic E-state index is -0.232. The Morgan fingerprint density at radius 2 is 1.33 bits per heavy atom. The molecule has 2 nitrogen and oxygen atoms in total. The Balaban J connectivity index is 4.52. The Morgan fingerprint density at radius 1 is 0.833 bits per heavy atom. The lowest BCUT2D eigenvalue weighted by Crippen LogP contribution is -2.46. The van der Waals surface area contributed by atoms with E-state index in [1.807, 2.05) is 0 Å². The van der Waals surface area contributed by atoms with Crippen molar-refractivity contribution in [1.29, 1.82) is 0 Å². The maximum atomic E-state index is 6.07. The molecule has 0 atom stereocenters. The maximum absolute atomic E-state index is 6.07. The van der Waals surface area contributed by atoms with Crippen LogP contribution < -0.4 is 5.32 Å². The summed E-state index contributed by atoms with van der Waals surface area (Å²) in [4.78, 5) is 0. The lowest BCUT2D eigenvalue weighted by molar-refractivity contribution is 0.0668. The van der Waals surface area contributed by atoms with Crippen LogP contribution in [0.1, 0.15) is 102 Å². The van der Waals surface area contributed by atoms with Crippen LogP contribution in [0.15, 0.2) is 0 Å². The van der Waals surface area contributed by atoms with Crippen LogP contribution in [0.5, 0.6) is 0 Å². The van der Waals surface area contributed by atoms with Gasteiger partial charge in [0, 0.05) is 5.54 Å². The molecule has 0 aromatic carbocycles. The Kier molecular flexibility index (Phi) is 8.27. The van der Waals surface area contributed by atoms with Crippen LogP contribution in [0.3, 0.4) is 0 Å². The van der Waals surface area contributed by atoms with Gasteiger partial charge in [-0.05, 0) is 82.3 Å². The molecule has 0 unspecified atom stereocenters. The summed E-state index contributed by atoms with van der Waals surface area (Å²) < 4.78 is 6.07. The number of hydrogen-bond donors (Lipinski definition) is 1. The van der Waals surface area contributed by atoms with Crippen LogP contribution in [-0.2, 0) is 4.74 Å². The van der Waals surface area contributed by atoms with Crippen molar-refractivity contribution in [2.24, 2.45) is 16.7 Å². The van der Waals surface area contributed by atoms with Gasteiger partial charge < -0.3 is 10.1 Å². The largest absolute Gasteiger partial charge is 0.465 e. The van der Waals surface area contributed by atoms with E-state index in [-0.39, 0.29) is 11.1 Å². The van der Waals surface area contributed by atoms with E-state index < -0.39 is 0 Å². The zero-order valence-electron chi connectivity index (χ0n) is 18.2. The molecule has 24 heavy (non-hydrogen) atoms. The zero-order chi connectivity index (χ0) is 19.4. The Labute approximate surface area is 157 Å². The summed E-state index contributed by atoms with van der Waals surface area (Å²) in [5.74, 6) is 0.674. The number of nitrogens with one attached hydrogen (secondary N) is 1. The average molecular weight is 358 g/mol. The average Bonchev–Trinajstić information content (AvgIpc) is 2.32. The van der Waals surface area contributed by atoms with Crippen molar-refractivity contribution >= 4 is 17.4 Å². The van der Waals surface area contributed by atoms with Crippen molar-refractivity contribution < 1.29 is 4.74 Å². The van der Waals surface area contributed by atoms with E-state index in [4.69, 9.17) is 17.0 Å². The molecule has 0 aromatic heterocycles. The van der Waals surface area contributed by atoms with Gasteiger partial charge in [0.25, 0.3) is 5.17 Å². The molecule has 0 aliphatic rings. The fourth-order valence-electron chi connectivity index (χ4n) is 2.27. The van der Waals surface area contributed by atoms with Crippen LogP contribution in [0, 0.1) is 16.7 Å². The predicted octanol–water partition coefficient (Wildman–Crippen LogP) is 6.72. The highest BCUT2D eigenvalue weighted by molar-refractivity contribution is 7.80. The monoisotopic (exact) mass is 357 g/mol. The Morgan fingerprint density at radius 3 is 1.75 bits per heavy atom. The van der Waals surface area contributed by atoms with Crippen LogP contribution in [-0.4, -0.2) is 16.3 Å². The highest BCUT2D eigenvalue weighted by Gasteiger charge is 2.29. The lowest BCUT2D eigenvalue weighted by Gasteiger charge is -2.36. The molecule has 1 N–H and O–H groups in total. The highest BCUT2D eigenvalue weighted by Crippen LogP contribution is 2.34. The summed E-state index contributed by atoms with van der Waals surface area (Å²) in [7, 11) is 0. The van der Waals surface area contributed by atoms with Gasteiger partial charge in [-0.25, -0.2) is 0 Å². The molecule has 0 fully saturated rings. The minimum absolute atomic E-state index is 0.0522. The SMILES string of the molecule is CC(C)C(C)(C)CCC(C)(C)NC(=S)OC(C)(C)CCC(C)(C)C. The van der Waals surface area contributed by atoms with Gasteiger partial charge in [0.15, 0.2) is 0 Å². The fourth-order valence-corrected chi connectivity index (χ4v) is 2.77. The van der Waals surface area contributed by atoms with Crippen LogP contribution in [0.25, 0.3) is 0 Å². The molecule has 0 spiro atoms. The van der Waals surface area contributed by atoms with Gasteiger partial charge in [-0.2, -0.15) is 0 Å². The molecule has 0 heterocycles. The molecule has 0 saturated heterocycles. The molecular weight excluding hydrogens is 314 g/mol. The molecule has 0 aliphatic heterocycles. The number of ether oxygens (including phenoxy) is 1. The summed E-state index contributed by atoms with van der Waals surface area (Å²) in [5.41, 5.74) is 0.374. The molecule has 0 aliphatic carbocycles. The van der Waals surface area contributed by atoms with Crippen LogP contribution >= 0.6 is 12.2 Å². The molecule has 0 bridgehead atoms. The maximum Gasteiger partial charge on any atom is 0.257 e. The standard InChI is InChI=1S/C21H43NOS/c1-16(2)19(6,7)13-14-20(8,9)22-17(24)23-21(10,11)15-12-18(3,4)5/h16H,12-15H2,1-11H3,(H,22,24). The van der Waals surface area contributed by atoms with E-state index in [9.17, 15) is 0 Å². The third kappa shape index (κ3) is 10.5. The second kappa shape index (κ2) is 8.38. The van der Waals surface area contributed by atoms with Gasteiger partial charge in [-0.1, -0.05) is 48.5 Å².